The lowest BCUT2D eigenvalue weighted by Gasteiger charge is -2.29. The van der Waals surface area contributed by atoms with E-state index in [2.05, 4.69) is 5.32 Å². The lowest BCUT2D eigenvalue weighted by atomic mass is 9.93. The molecule has 0 aliphatic carbocycles. The number of methoxy groups -OCH3 is 1. The number of rotatable bonds is 9. The molecule has 0 spiro atoms. The Bertz CT molecular complexity index is 1150. The molecule has 0 radical (unpaired) electrons. The van der Waals surface area contributed by atoms with Crippen LogP contribution < -0.4 is 14.4 Å². The van der Waals surface area contributed by atoms with Crippen LogP contribution in [0.15, 0.2) is 36.4 Å². The fourth-order valence-corrected chi connectivity index (χ4v) is 4.94. The highest BCUT2D eigenvalue weighted by Gasteiger charge is 2.31. The van der Waals surface area contributed by atoms with Crippen LogP contribution in [-0.4, -0.2) is 38.7 Å². The maximum absolute atomic E-state index is 13.1. The zero-order valence-electron chi connectivity index (χ0n) is 19.9. The number of nitrogens with zero attached hydrogens (tertiary/aromatic N) is 2. The molecule has 9 nitrogen and oxygen atoms in total. The smallest absolute Gasteiger partial charge is 0.271 e. The average molecular weight is 478 g/mol. The van der Waals surface area contributed by atoms with Crippen LogP contribution in [0.1, 0.15) is 56.3 Å². The molecule has 33 heavy (non-hydrogen) atoms. The third-order valence-electron chi connectivity index (χ3n) is 5.45. The van der Waals surface area contributed by atoms with Crippen LogP contribution in [0.3, 0.4) is 0 Å². The summed E-state index contributed by atoms with van der Waals surface area (Å²) in [5.74, 6) is 0.448. The van der Waals surface area contributed by atoms with Gasteiger partial charge in [-0.05, 0) is 61.6 Å². The summed E-state index contributed by atoms with van der Waals surface area (Å²) < 4.78 is 31.4. The number of non-ortho nitro benzene ring substituents is 1. The molecular weight excluding hydrogens is 446 g/mol. The minimum Gasteiger partial charge on any atom is -0.496 e. The Morgan fingerprint density at radius 1 is 1.12 bits per heavy atom. The van der Waals surface area contributed by atoms with Gasteiger partial charge in [0.1, 0.15) is 11.8 Å². The SMILES string of the molecule is COc1cc(C)c([C@H](C)NC(=O)[C@H](C)N(c2cccc([N+](=O)[O-])c2)S(C)(=O)=O)cc1C(C)C. The molecular formula is C23H31N3O6S. The maximum atomic E-state index is 13.1. The van der Waals surface area contributed by atoms with E-state index in [4.69, 9.17) is 4.74 Å². The first kappa shape index (κ1) is 26.1. The van der Waals surface area contributed by atoms with Gasteiger partial charge in [-0.25, -0.2) is 8.42 Å². The lowest BCUT2D eigenvalue weighted by molar-refractivity contribution is -0.384. The number of ether oxygens (including phenoxy) is 1. The topological polar surface area (TPSA) is 119 Å². The van der Waals surface area contributed by atoms with Crippen LogP contribution in [0.2, 0.25) is 0 Å². The summed E-state index contributed by atoms with van der Waals surface area (Å²) in [6, 6.07) is 7.57. The largest absolute Gasteiger partial charge is 0.496 e. The first-order chi connectivity index (χ1) is 15.3. The number of hydrogen-bond donors (Lipinski definition) is 1. The first-order valence-corrected chi connectivity index (χ1v) is 12.3. The first-order valence-electron chi connectivity index (χ1n) is 10.5. The van der Waals surface area contributed by atoms with Crippen LogP contribution in [0, 0.1) is 17.0 Å². The highest BCUT2D eigenvalue weighted by molar-refractivity contribution is 7.92. The minimum absolute atomic E-state index is 0.0460. The molecule has 0 aliphatic rings. The zero-order valence-corrected chi connectivity index (χ0v) is 20.8. The van der Waals surface area contributed by atoms with Crippen molar-refractivity contribution in [2.75, 3.05) is 17.7 Å². The number of sulfonamides is 1. The average Bonchev–Trinajstić information content (AvgIpc) is 2.72. The molecule has 0 bridgehead atoms. The number of nitrogens with one attached hydrogen (secondary N) is 1. The van der Waals surface area contributed by atoms with E-state index < -0.39 is 32.9 Å². The molecule has 0 aromatic heterocycles. The summed E-state index contributed by atoms with van der Waals surface area (Å²) in [6.45, 7) is 9.28. The molecule has 0 aliphatic heterocycles. The standard InChI is InChI=1S/C23H31N3O6S/c1-14(2)20-13-21(15(3)11-22(20)32-6)16(4)24-23(27)17(5)25(33(7,30)31)18-9-8-10-19(12-18)26(28)29/h8-14,16-17H,1-7H3,(H,24,27)/t16-,17-/m0/s1. The van der Waals surface area contributed by atoms with Crippen molar-refractivity contribution in [2.24, 2.45) is 0 Å². The van der Waals surface area contributed by atoms with E-state index in [1.54, 1.807) is 7.11 Å². The molecule has 2 aromatic carbocycles. The van der Waals surface area contributed by atoms with Crippen molar-refractivity contribution >= 4 is 27.3 Å². The van der Waals surface area contributed by atoms with Gasteiger partial charge >= 0.3 is 0 Å². The third-order valence-corrected chi connectivity index (χ3v) is 6.69. The van der Waals surface area contributed by atoms with E-state index in [1.165, 1.54) is 25.1 Å². The van der Waals surface area contributed by atoms with Crippen molar-refractivity contribution in [2.45, 2.75) is 52.6 Å². The molecule has 1 N–H and O–H groups in total. The number of aryl methyl sites for hydroxylation is 1. The van der Waals surface area contributed by atoms with E-state index >= 15 is 0 Å². The van der Waals surface area contributed by atoms with Crippen molar-refractivity contribution in [3.63, 3.8) is 0 Å². The van der Waals surface area contributed by atoms with Gasteiger partial charge in [0, 0.05) is 12.1 Å². The lowest BCUT2D eigenvalue weighted by Crippen LogP contribution is -2.48. The van der Waals surface area contributed by atoms with Crippen molar-refractivity contribution in [1.29, 1.82) is 0 Å². The molecule has 10 heteroatoms. The predicted octanol–water partition coefficient (Wildman–Crippen LogP) is 4.07. The summed E-state index contributed by atoms with van der Waals surface area (Å²) in [6.07, 6.45) is 0.960. The molecule has 0 saturated carbocycles. The number of anilines is 1. The van der Waals surface area contributed by atoms with Crippen LogP contribution in [0.5, 0.6) is 5.75 Å². The minimum atomic E-state index is -3.91. The maximum Gasteiger partial charge on any atom is 0.271 e. The van der Waals surface area contributed by atoms with Crippen LogP contribution in [0.25, 0.3) is 0 Å². The molecule has 2 atom stereocenters. The second-order valence-electron chi connectivity index (χ2n) is 8.35. The highest BCUT2D eigenvalue weighted by Crippen LogP contribution is 2.32. The summed E-state index contributed by atoms with van der Waals surface area (Å²) in [5.41, 5.74) is 2.60. The summed E-state index contributed by atoms with van der Waals surface area (Å²) >= 11 is 0. The molecule has 180 valence electrons. The highest BCUT2D eigenvalue weighted by atomic mass is 32.2. The predicted molar refractivity (Wildman–Crippen MR) is 128 cm³/mol. The Kier molecular flexibility index (Phi) is 8.07. The Morgan fingerprint density at radius 2 is 1.76 bits per heavy atom. The Hall–Kier alpha value is -3.14. The molecule has 0 saturated heterocycles. The molecule has 2 aromatic rings. The van der Waals surface area contributed by atoms with Gasteiger partial charge in [0.15, 0.2) is 0 Å². The van der Waals surface area contributed by atoms with E-state index in [1.807, 2.05) is 39.8 Å². The van der Waals surface area contributed by atoms with E-state index in [0.717, 1.165) is 39.1 Å². The molecule has 0 heterocycles. The van der Waals surface area contributed by atoms with E-state index in [-0.39, 0.29) is 17.3 Å². The molecule has 2 rings (SSSR count). The molecule has 0 unspecified atom stereocenters. The van der Waals surface area contributed by atoms with Gasteiger partial charge in [-0.15, -0.1) is 0 Å². The quantitative estimate of drug-likeness (QED) is 0.430. The van der Waals surface area contributed by atoms with Gasteiger partial charge in [-0.2, -0.15) is 0 Å². The summed E-state index contributed by atoms with van der Waals surface area (Å²) in [5, 5.41) is 14.0. The van der Waals surface area contributed by atoms with Gasteiger partial charge in [-0.3, -0.25) is 19.2 Å². The third kappa shape index (κ3) is 6.01. The van der Waals surface area contributed by atoms with Gasteiger partial charge in [0.05, 0.1) is 30.0 Å². The second kappa shape index (κ2) is 10.2. The number of benzene rings is 2. The van der Waals surface area contributed by atoms with E-state index in [9.17, 15) is 23.3 Å². The Balaban J connectivity index is 2.37. The fourth-order valence-electron chi connectivity index (χ4n) is 3.77. The fraction of sp³-hybridized carbons (Fsp3) is 0.435. The summed E-state index contributed by atoms with van der Waals surface area (Å²) in [4.78, 5) is 23.6. The molecule has 1 amide bonds. The number of carbonyl (C=O) groups excluding carboxylic acids is 1. The number of amides is 1. The van der Waals surface area contributed by atoms with Crippen molar-refractivity contribution in [1.82, 2.24) is 5.32 Å². The van der Waals surface area contributed by atoms with Crippen molar-refractivity contribution in [3.05, 3.63) is 63.2 Å². The second-order valence-corrected chi connectivity index (χ2v) is 10.2. The number of hydrogen-bond acceptors (Lipinski definition) is 6. The zero-order chi connectivity index (χ0) is 25.1. The van der Waals surface area contributed by atoms with Gasteiger partial charge in [-0.1, -0.05) is 19.9 Å². The van der Waals surface area contributed by atoms with Gasteiger partial charge in [0.2, 0.25) is 15.9 Å². The molecule has 0 fully saturated rings. The van der Waals surface area contributed by atoms with Crippen LogP contribution in [-0.2, 0) is 14.8 Å². The summed E-state index contributed by atoms with van der Waals surface area (Å²) in [7, 11) is -2.29. The number of nitro benzene ring substituents is 1. The van der Waals surface area contributed by atoms with Crippen molar-refractivity contribution in [3.8, 4) is 5.75 Å². The van der Waals surface area contributed by atoms with Crippen molar-refractivity contribution < 1.29 is 22.9 Å². The number of carbonyl (C=O) groups is 1. The van der Waals surface area contributed by atoms with Crippen LogP contribution >= 0.6 is 0 Å². The van der Waals surface area contributed by atoms with Gasteiger partial charge in [0.25, 0.3) is 5.69 Å². The van der Waals surface area contributed by atoms with Gasteiger partial charge < -0.3 is 10.1 Å². The monoisotopic (exact) mass is 477 g/mol. The normalized spacial score (nSPS) is 13.3. The van der Waals surface area contributed by atoms with Crippen LogP contribution in [0.4, 0.5) is 11.4 Å². The Labute approximate surface area is 195 Å². The number of nitro groups is 1. The van der Waals surface area contributed by atoms with E-state index in [0.29, 0.717) is 0 Å². The Morgan fingerprint density at radius 3 is 2.27 bits per heavy atom.